The van der Waals surface area contributed by atoms with Gasteiger partial charge in [-0.3, -0.25) is 4.79 Å². The topological polar surface area (TPSA) is 84.9 Å². The molecular formula is C14H20N2O5S. The second kappa shape index (κ2) is 7.08. The van der Waals surface area contributed by atoms with E-state index in [0.29, 0.717) is 44.2 Å². The lowest BCUT2D eigenvalue weighted by Crippen LogP contribution is -2.40. The predicted octanol–water partition coefficient (Wildman–Crippen LogP) is 1.06. The van der Waals surface area contributed by atoms with Crippen LogP contribution in [0.5, 0.6) is 5.75 Å². The minimum atomic E-state index is -3.58. The van der Waals surface area contributed by atoms with E-state index in [0.717, 1.165) is 0 Å². The number of carbonyl (C=O) groups is 1. The fourth-order valence-corrected chi connectivity index (χ4v) is 3.53. The Morgan fingerprint density at radius 2 is 2.05 bits per heavy atom. The van der Waals surface area contributed by atoms with Crippen molar-refractivity contribution < 1.29 is 22.7 Å². The van der Waals surface area contributed by atoms with Crippen molar-refractivity contribution in [1.82, 2.24) is 4.31 Å². The lowest BCUT2D eigenvalue weighted by atomic mass is 10.3. The summed E-state index contributed by atoms with van der Waals surface area (Å²) in [6.07, 6.45) is 0.330. The molecule has 1 aliphatic heterocycles. The lowest BCUT2D eigenvalue weighted by Gasteiger charge is -2.26. The smallest absolute Gasteiger partial charge is 0.243 e. The van der Waals surface area contributed by atoms with E-state index >= 15 is 0 Å². The van der Waals surface area contributed by atoms with E-state index in [1.807, 2.05) is 0 Å². The molecule has 0 atom stereocenters. The predicted molar refractivity (Wildman–Crippen MR) is 81.5 cm³/mol. The SMILES string of the molecule is CCC(=O)Nc1ccc(S(=O)(=O)N2CCOCC2)cc1OC. The minimum absolute atomic E-state index is 0.140. The first-order valence-corrected chi connectivity index (χ1v) is 8.49. The summed E-state index contributed by atoms with van der Waals surface area (Å²) >= 11 is 0. The molecule has 1 heterocycles. The highest BCUT2D eigenvalue weighted by molar-refractivity contribution is 7.89. The summed E-state index contributed by atoms with van der Waals surface area (Å²) in [7, 11) is -2.15. The quantitative estimate of drug-likeness (QED) is 0.874. The van der Waals surface area contributed by atoms with Gasteiger partial charge in [0.05, 0.1) is 30.9 Å². The molecule has 0 unspecified atom stereocenters. The molecule has 0 spiro atoms. The van der Waals surface area contributed by atoms with Crippen LogP contribution in [0.15, 0.2) is 23.1 Å². The molecule has 0 saturated carbocycles. The Hall–Kier alpha value is -1.64. The molecule has 7 nitrogen and oxygen atoms in total. The third-order valence-electron chi connectivity index (χ3n) is 3.38. The molecule has 122 valence electrons. The fraction of sp³-hybridized carbons (Fsp3) is 0.500. The molecule has 22 heavy (non-hydrogen) atoms. The number of hydrogen-bond acceptors (Lipinski definition) is 5. The van der Waals surface area contributed by atoms with Gasteiger partial charge in [0.15, 0.2) is 0 Å². The molecule has 0 aliphatic carbocycles. The van der Waals surface area contributed by atoms with Crippen molar-refractivity contribution in [2.75, 3.05) is 38.7 Å². The van der Waals surface area contributed by atoms with Crippen LogP contribution in [-0.2, 0) is 19.6 Å². The maximum absolute atomic E-state index is 12.6. The van der Waals surface area contributed by atoms with Crippen molar-refractivity contribution in [2.24, 2.45) is 0 Å². The number of nitrogens with one attached hydrogen (secondary N) is 1. The zero-order valence-electron chi connectivity index (χ0n) is 12.7. The summed E-state index contributed by atoms with van der Waals surface area (Å²) < 4.78 is 36.9. The number of sulfonamides is 1. The Labute approximate surface area is 130 Å². The van der Waals surface area contributed by atoms with Crippen LogP contribution in [-0.4, -0.2) is 52.0 Å². The minimum Gasteiger partial charge on any atom is -0.495 e. The standard InChI is InChI=1S/C14H20N2O5S/c1-3-14(17)15-12-5-4-11(10-13(12)20-2)22(18,19)16-6-8-21-9-7-16/h4-5,10H,3,6-9H2,1-2H3,(H,15,17). The van der Waals surface area contributed by atoms with Crippen LogP contribution in [0.1, 0.15) is 13.3 Å². The van der Waals surface area contributed by atoms with E-state index in [2.05, 4.69) is 5.32 Å². The Morgan fingerprint density at radius 1 is 1.36 bits per heavy atom. The Bertz CT molecular complexity index is 639. The van der Waals surface area contributed by atoms with Gasteiger partial charge in [-0.1, -0.05) is 6.92 Å². The monoisotopic (exact) mass is 328 g/mol. The number of rotatable bonds is 5. The number of methoxy groups -OCH3 is 1. The van der Waals surface area contributed by atoms with Crippen molar-refractivity contribution in [3.05, 3.63) is 18.2 Å². The summed E-state index contributed by atoms with van der Waals surface area (Å²) in [6, 6.07) is 4.44. The summed E-state index contributed by atoms with van der Waals surface area (Å²) in [5.74, 6) is 0.151. The van der Waals surface area contributed by atoms with Crippen LogP contribution in [0.2, 0.25) is 0 Å². The largest absolute Gasteiger partial charge is 0.495 e. The molecule has 0 bridgehead atoms. The molecule has 0 aromatic heterocycles. The van der Waals surface area contributed by atoms with Gasteiger partial charge in [-0.05, 0) is 12.1 Å². The van der Waals surface area contributed by atoms with Crippen molar-refractivity contribution in [3.8, 4) is 5.75 Å². The van der Waals surface area contributed by atoms with Crippen LogP contribution >= 0.6 is 0 Å². The van der Waals surface area contributed by atoms with Gasteiger partial charge in [0.2, 0.25) is 15.9 Å². The van der Waals surface area contributed by atoms with Crippen molar-refractivity contribution >= 4 is 21.6 Å². The van der Waals surface area contributed by atoms with Gasteiger partial charge in [-0.25, -0.2) is 8.42 Å². The fourth-order valence-electron chi connectivity index (χ4n) is 2.11. The first-order valence-electron chi connectivity index (χ1n) is 7.05. The van der Waals surface area contributed by atoms with Gasteiger partial charge in [-0.2, -0.15) is 4.31 Å². The van der Waals surface area contributed by atoms with Gasteiger partial charge in [0.1, 0.15) is 5.75 Å². The van der Waals surface area contributed by atoms with Gasteiger partial charge < -0.3 is 14.8 Å². The summed E-state index contributed by atoms with van der Waals surface area (Å²) in [5, 5.41) is 2.68. The van der Waals surface area contributed by atoms with E-state index in [-0.39, 0.29) is 10.8 Å². The van der Waals surface area contributed by atoms with E-state index in [1.165, 1.54) is 23.5 Å². The number of nitrogens with zero attached hydrogens (tertiary/aromatic N) is 1. The van der Waals surface area contributed by atoms with Crippen molar-refractivity contribution in [1.29, 1.82) is 0 Å². The van der Waals surface area contributed by atoms with Gasteiger partial charge >= 0.3 is 0 Å². The van der Waals surface area contributed by atoms with E-state index in [9.17, 15) is 13.2 Å². The third-order valence-corrected chi connectivity index (χ3v) is 5.27. The molecule has 1 N–H and O–H groups in total. The van der Waals surface area contributed by atoms with Crippen LogP contribution < -0.4 is 10.1 Å². The van der Waals surface area contributed by atoms with Crippen molar-refractivity contribution in [3.63, 3.8) is 0 Å². The summed E-state index contributed by atoms with van der Waals surface area (Å²) in [5.41, 5.74) is 0.454. The molecule has 1 aromatic carbocycles. The van der Waals surface area contributed by atoms with E-state index in [1.54, 1.807) is 13.0 Å². The lowest BCUT2D eigenvalue weighted by molar-refractivity contribution is -0.115. The highest BCUT2D eigenvalue weighted by atomic mass is 32.2. The van der Waals surface area contributed by atoms with Crippen molar-refractivity contribution in [2.45, 2.75) is 18.2 Å². The number of ether oxygens (including phenoxy) is 2. The molecule has 1 aromatic rings. The normalized spacial score (nSPS) is 16.3. The Balaban J connectivity index is 2.30. The second-order valence-corrected chi connectivity index (χ2v) is 6.72. The number of benzene rings is 1. The van der Waals surface area contributed by atoms with Crippen LogP contribution in [0.4, 0.5) is 5.69 Å². The van der Waals surface area contributed by atoms with Crippen LogP contribution in [0, 0.1) is 0 Å². The molecule has 1 saturated heterocycles. The molecule has 1 fully saturated rings. The molecule has 8 heteroatoms. The number of carbonyl (C=O) groups excluding carboxylic acids is 1. The highest BCUT2D eigenvalue weighted by Gasteiger charge is 2.27. The molecule has 1 aliphatic rings. The maximum atomic E-state index is 12.6. The average Bonchev–Trinajstić information content (AvgIpc) is 2.55. The van der Waals surface area contributed by atoms with Crippen LogP contribution in [0.25, 0.3) is 0 Å². The number of hydrogen-bond donors (Lipinski definition) is 1. The molecule has 1 amide bonds. The highest BCUT2D eigenvalue weighted by Crippen LogP contribution is 2.29. The number of morpholine rings is 1. The van der Waals surface area contributed by atoms with Gasteiger partial charge in [0, 0.05) is 25.6 Å². The van der Waals surface area contributed by atoms with Crippen LogP contribution in [0.3, 0.4) is 0 Å². The average molecular weight is 328 g/mol. The van der Waals surface area contributed by atoms with E-state index in [4.69, 9.17) is 9.47 Å². The first kappa shape index (κ1) is 16.7. The van der Waals surface area contributed by atoms with Gasteiger partial charge in [-0.15, -0.1) is 0 Å². The summed E-state index contributed by atoms with van der Waals surface area (Å²) in [4.78, 5) is 11.6. The zero-order chi connectivity index (χ0) is 16.2. The van der Waals surface area contributed by atoms with E-state index < -0.39 is 10.0 Å². The Morgan fingerprint density at radius 3 is 2.64 bits per heavy atom. The van der Waals surface area contributed by atoms with Gasteiger partial charge in [0.25, 0.3) is 0 Å². The maximum Gasteiger partial charge on any atom is 0.243 e. The molecule has 0 radical (unpaired) electrons. The first-order chi connectivity index (χ1) is 10.5. The number of anilines is 1. The zero-order valence-corrected chi connectivity index (χ0v) is 13.5. The second-order valence-electron chi connectivity index (χ2n) is 4.78. The molecular weight excluding hydrogens is 308 g/mol. The third kappa shape index (κ3) is 3.57. The summed E-state index contributed by atoms with van der Waals surface area (Å²) in [6.45, 7) is 3.18. The Kier molecular flexibility index (Phi) is 5.38. The number of amides is 1. The molecule has 2 rings (SSSR count).